The Balaban J connectivity index is 3.17. The van der Waals surface area contributed by atoms with Crippen LogP contribution in [0, 0.1) is 0 Å². The molecule has 0 aromatic heterocycles. The maximum Gasteiger partial charge on any atom is 0.341 e. The van der Waals surface area contributed by atoms with Crippen molar-refractivity contribution < 1.29 is 22.7 Å². The van der Waals surface area contributed by atoms with Crippen molar-refractivity contribution >= 4 is 60.5 Å². The fourth-order valence-electron chi connectivity index (χ4n) is 1.38. The number of carbonyl (C=O) groups is 1. The van der Waals surface area contributed by atoms with Gasteiger partial charge in [0.1, 0.15) is 4.90 Å². The predicted molar refractivity (Wildman–Crippen MR) is 81.3 cm³/mol. The van der Waals surface area contributed by atoms with Crippen LogP contribution in [-0.2, 0) is 18.5 Å². The first-order valence-corrected chi connectivity index (χ1v) is 8.92. The van der Waals surface area contributed by atoms with E-state index in [1.807, 2.05) is 0 Å². The number of halogens is 4. The van der Waals surface area contributed by atoms with Crippen LogP contribution in [0.2, 0.25) is 15.1 Å². The monoisotopic (exact) mass is 394 g/mol. The normalized spacial score (nSPS) is 11.5. The number of carbonyl (C=O) groups excluding carboxylic acids is 1. The summed E-state index contributed by atoms with van der Waals surface area (Å²) in [4.78, 5) is 11.4. The van der Waals surface area contributed by atoms with Crippen molar-refractivity contribution in [3.8, 4) is 0 Å². The van der Waals surface area contributed by atoms with Crippen molar-refractivity contribution in [2.24, 2.45) is 0 Å². The van der Waals surface area contributed by atoms with Crippen molar-refractivity contribution in [3.05, 3.63) is 26.7 Å². The molecule has 5 nitrogen and oxygen atoms in total. The molecule has 0 fully saturated rings. The molecule has 0 spiro atoms. The largest absolute Gasteiger partial charge is 0.462 e. The van der Waals surface area contributed by atoms with Crippen LogP contribution in [0.3, 0.4) is 0 Å². The van der Waals surface area contributed by atoms with Gasteiger partial charge < -0.3 is 9.47 Å². The number of ether oxygens (including phenoxy) is 2. The van der Waals surface area contributed by atoms with Crippen molar-refractivity contribution in [2.45, 2.75) is 11.3 Å². The van der Waals surface area contributed by atoms with Crippen molar-refractivity contribution in [1.29, 1.82) is 0 Å². The van der Waals surface area contributed by atoms with Crippen LogP contribution in [-0.4, -0.2) is 34.7 Å². The van der Waals surface area contributed by atoms with Gasteiger partial charge in [-0.2, -0.15) is 0 Å². The van der Waals surface area contributed by atoms with E-state index in [0.29, 0.717) is 13.0 Å². The fraction of sp³-hybridized carbons (Fsp3) is 0.364. The number of methoxy groups -OCH3 is 1. The Morgan fingerprint density at radius 1 is 1.19 bits per heavy atom. The molecule has 0 radical (unpaired) electrons. The molecule has 0 atom stereocenters. The Labute approximate surface area is 141 Å². The highest BCUT2D eigenvalue weighted by molar-refractivity contribution is 8.13. The minimum atomic E-state index is -4.19. The third kappa shape index (κ3) is 4.87. The van der Waals surface area contributed by atoms with Gasteiger partial charge in [0.25, 0.3) is 9.05 Å². The van der Waals surface area contributed by atoms with Gasteiger partial charge in [0, 0.05) is 30.8 Å². The Morgan fingerprint density at radius 3 is 2.33 bits per heavy atom. The lowest BCUT2D eigenvalue weighted by Gasteiger charge is -2.11. The summed E-state index contributed by atoms with van der Waals surface area (Å²) in [6.45, 7) is 0.445. The first-order valence-electron chi connectivity index (χ1n) is 5.48. The molecule has 0 saturated carbocycles. The second kappa shape index (κ2) is 7.85. The second-order valence-electron chi connectivity index (χ2n) is 3.78. The Bertz CT molecular complexity index is 645. The van der Waals surface area contributed by atoms with Crippen LogP contribution in [0.4, 0.5) is 0 Å². The Kier molecular flexibility index (Phi) is 7.03. The molecule has 0 amide bonds. The summed E-state index contributed by atoms with van der Waals surface area (Å²) in [5.41, 5.74) is -0.345. The second-order valence-corrected chi connectivity index (χ2v) is 7.48. The molecule has 0 bridgehead atoms. The fourth-order valence-corrected chi connectivity index (χ4v) is 3.51. The molecule has 0 aliphatic carbocycles. The lowest BCUT2D eigenvalue weighted by atomic mass is 10.2. The van der Waals surface area contributed by atoms with Gasteiger partial charge in [-0.25, -0.2) is 13.2 Å². The van der Waals surface area contributed by atoms with Crippen molar-refractivity contribution in [1.82, 2.24) is 0 Å². The topological polar surface area (TPSA) is 69.7 Å². The van der Waals surface area contributed by atoms with Crippen LogP contribution in [0.1, 0.15) is 16.8 Å². The molecule has 118 valence electrons. The van der Waals surface area contributed by atoms with E-state index in [9.17, 15) is 13.2 Å². The molecule has 0 saturated heterocycles. The summed E-state index contributed by atoms with van der Waals surface area (Å²) in [5.74, 6) is -0.898. The number of esters is 1. The quantitative estimate of drug-likeness (QED) is 0.317. The third-order valence-corrected chi connectivity index (χ3v) is 4.95. The summed E-state index contributed by atoms with van der Waals surface area (Å²) in [6, 6.07) is 0.969. The van der Waals surface area contributed by atoms with E-state index in [-0.39, 0.29) is 22.2 Å². The molecular formula is C11H10Cl4O5S. The zero-order valence-corrected chi connectivity index (χ0v) is 14.5. The average molecular weight is 396 g/mol. The first kappa shape index (κ1) is 18.8. The van der Waals surface area contributed by atoms with Crippen LogP contribution in [0.25, 0.3) is 0 Å². The van der Waals surface area contributed by atoms with E-state index in [0.717, 1.165) is 6.07 Å². The van der Waals surface area contributed by atoms with E-state index >= 15 is 0 Å². The van der Waals surface area contributed by atoms with Gasteiger partial charge in [-0.15, -0.1) is 0 Å². The number of hydrogen-bond acceptors (Lipinski definition) is 5. The van der Waals surface area contributed by atoms with Gasteiger partial charge in [-0.05, 0) is 6.07 Å². The third-order valence-electron chi connectivity index (χ3n) is 2.32. The van der Waals surface area contributed by atoms with Crippen LogP contribution < -0.4 is 0 Å². The lowest BCUT2D eigenvalue weighted by molar-refractivity contribution is 0.0468. The molecule has 0 heterocycles. The molecule has 0 N–H and O–H groups in total. The molecule has 1 aromatic rings. The van der Waals surface area contributed by atoms with Crippen LogP contribution in [0.5, 0.6) is 0 Å². The smallest absolute Gasteiger partial charge is 0.341 e. The van der Waals surface area contributed by atoms with Gasteiger partial charge in [-0.3, -0.25) is 0 Å². The number of hydrogen-bond donors (Lipinski definition) is 0. The number of benzene rings is 1. The van der Waals surface area contributed by atoms with Crippen LogP contribution in [0.15, 0.2) is 11.0 Å². The van der Waals surface area contributed by atoms with Gasteiger partial charge in [0.2, 0.25) is 0 Å². The summed E-state index contributed by atoms with van der Waals surface area (Å²) >= 11 is 17.5. The maximum atomic E-state index is 12.0. The Morgan fingerprint density at radius 2 is 1.81 bits per heavy atom. The number of rotatable bonds is 6. The molecular weight excluding hydrogens is 386 g/mol. The van der Waals surface area contributed by atoms with Gasteiger partial charge in [-0.1, -0.05) is 34.8 Å². The molecule has 10 heteroatoms. The van der Waals surface area contributed by atoms with Gasteiger partial charge in [0.15, 0.2) is 0 Å². The molecule has 1 aromatic carbocycles. The van der Waals surface area contributed by atoms with Gasteiger partial charge in [0.05, 0.1) is 27.2 Å². The maximum absolute atomic E-state index is 12.0. The molecule has 0 aliphatic rings. The molecule has 1 rings (SSSR count). The highest BCUT2D eigenvalue weighted by Crippen LogP contribution is 2.38. The SMILES string of the molecule is COCCCOC(=O)c1c(Cl)c(Cl)cc(S(=O)(=O)Cl)c1Cl. The zero-order valence-electron chi connectivity index (χ0n) is 10.7. The van der Waals surface area contributed by atoms with E-state index < -0.39 is 24.9 Å². The first-order chi connectivity index (χ1) is 9.70. The summed E-state index contributed by atoms with van der Waals surface area (Å²) in [6.07, 6.45) is 0.457. The van der Waals surface area contributed by atoms with Crippen molar-refractivity contribution in [3.63, 3.8) is 0 Å². The lowest BCUT2D eigenvalue weighted by Crippen LogP contribution is -2.11. The highest BCUT2D eigenvalue weighted by atomic mass is 35.7. The summed E-state index contributed by atoms with van der Waals surface area (Å²) < 4.78 is 32.5. The van der Waals surface area contributed by atoms with Crippen molar-refractivity contribution in [2.75, 3.05) is 20.3 Å². The molecule has 0 aliphatic heterocycles. The zero-order chi connectivity index (χ0) is 16.2. The van der Waals surface area contributed by atoms with Gasteiger partial charge >= 0.3 is 5.97 Å². The van der Waals surface area contributed by atoms with E-state index in [1.165, 1.54) is 7.11 Å². The minimum Gasteiger partial charge on any atom is -0.462 e. The highest BCUT2D eigenvalue weighted by Gasteiger charge is 2.27. The van der Waals surface area contributed by atoms with E-state index in [1.54, 1.807) is 0 Å². The molecule has 21 heavy (non-hydrogen) atoms. The summed E-state index contributed by atoms with van der Waals surface area (Å²) in [5, 5.41) is -0.817. The Hall–Kier alpha value is -0.240. The van der Waals surface area contributed by atoms with E-state index in [4.69, 9.17) is 55.0 Å². The molecule has 0 unspecified atom stereocenters. The standard InChI is InChI=1S/C11H10Cl4O5S/c1-19-3-2-4-20-11(16)8-9(13)6(12)5-7(10(8)14)21(15,17)18/h5H,2-4H2,1H3. The van der Waals surface area contributed by atoms with Crippen LogP contribution >= 0.6 is 45.5 Å². The average Bonchev–Trinajstić information content (AvgIpc) is 2.38. The van der Waals surface area contributed by atoms with E-state index in [2.05, 4.69) is 0 Å². The summed E-state index contributed by atoms with van der Waals surface area (Å²) in [7, 11) is 2.54. The minimum absolute atomic E-state index is 0.0504. The predicted octanol–water partition coefficient (Wildman–Crippen LogP) is 3.77.